The van der Waals surface area contributed by atoms with Gasteiger partial charge in [-0.2, -0.15) is 10.2 Å². The van der Waals surface area contributed by atoms with Crippen LogP contribution < -0.4 is 0 Å². The summed E-state index contributed by atoms with van der Waals surface area (Å²) in [4.78, 5) is 7.74. The molecule has 0 bridgehead atoms. The summed E-state index contributed by atoms with van der Waals surface area (Å²) in [5.74, 6) is 0. The predicted molar refractivity (Wildman–Crippen MR) is 53.5 cm³/mol. The number of hydrogen-bond acceptors (Lipinski definition) is 4. The van der Waals surface area contributed by atoms with E-state index in [4.69, 9.17) is 0 Å². The molecular weight excluding hydrogens is 176 g/mol. The Kier molecular flexibility index (Phi) is 4.20. The molecule has 4 nitrogen and oxygen atoms in total. The van der Waals surface area contributed by atoms with Crippen LogP contribution in [0.4, 0.5) is 0 Å². The van der Waals surface area contributed by atoms with Gasteiger partial charge in [-0.25, -0.2) is 0 Å². The quantitative estimate of drug-likeness (QED) is 0.629. The second-order valence-electron chi connectivity index (χ2n) is 2.71. The first-order valence-electron chi connectivity index (χ1n) is 4.26. The molecule has 2 aromatic rings. The second kappa shape index (κ2) is 5.75. The summed E-state index contributed by atoms with van der Waals surface area (Å²) < 4.78 is 0. The molecule has 4 heteroatoms. The van der Waals surface area contributed by atoms with Crippen LogP contribution in [-0.2, 0) is 0 Å². The lowest BCUT2D eigenvalue weighted by molar-refractivity contribution is 0.980. The Morgan fingerprint density at radius 2 is 1.86 bits per heavy atom. The molecule has 0 fully saturated rings. The van der Waals surface area contributed by atoms with Crippen LogP contribution in [0.1, 0.15) is 11.4 Å². The molecule has 0 atom stereocenters. The van der Waals surface area contributed by atoms with Crippen molar-refractivity contribution >= 4 is 0 Å². The van der Waals surface area contributed by atoms with E-state index in [1.165, 1.54) is 0 Å². The fourth-order valence-electron chi connectivity index (χ4n) is 0.752. The van der Waals surface area contributed by atoms with Crippen molar-refractivity contribution in [1.82, 2.24) is 20.2 Å². The Balaban J connectivity index is 0.000000140. The third-order valence-electron chi connectivity index (χ3n) is 1.40. The highest BCUT2D eigenvalue weighted by Crippen LogP contribution is 1.82. The summed E-state index contributed by atoms with van der Waals surface area (Å²) >= 11 is 0. The molecule has 0 aliphatic carbocycles. The molecular formula is C10H12N4. The highest BCUT2D eigenvalue weighted by molar-refractivity contribution is 4.94. The molecule has 2 heterocycles. The SMILES string of the molecule is Cc1cccnn1.Cc1cnccn1. The highest BCUT2D eigenvalue weighted by atomic mass is 15.1. The average molecular weight is 188 g/mol. The normalized spacial score (nSPS) is 8.71. The van der Waals surface area contributed by atoms with Crippen molar-refractivity contribution in [3.63, 3.8) is 0 Å². The zero-order chi connectivity index (χ0) is 10.2. The maximum atomic E-state index is 3.92. The molecule has 2 aromatic heterocycles. The minimum Gasteiger partial charge on any atom is -0.261 e. The summed E-state index contributed by atoms with van der Waals surface area (Å²) in [5, 5.41) is 7.36. The molecule has 0 N–H and O–H groups in total. The van der Waals surface area contributed by atoms with E-state index in [2.05, 4.69) is 20.2 Å². The molecule has 0 spiro atoms. The van der Waals surface area contributed by atoms with Crippen molar-refractivity contribution in [2.45, 2.75) is 13.8 Å². The Morgan fingerprint density at radius 3 is 2.14 bits per heavy atom. The summed E-state index contributed by atoms with van der Waals surface area (Å²) in [5.41, 5.74) is 1.92. The van der Waals surface area contributed by atoms with Crippen LogP contribution in [0.25, 0.3) is 0 Å². The van der Waals surface area contributed by atoms with Gasteiger partial charge in [0.05, 0.1) is 11.4 Å². The van der Waals surface area contributed by atoms with Crippen molar-refractivity contribution in [2.75, 3.05) is 0 Å². The summed E-state index contributed by atoms with van der Waals surface area (Å²) in [6.07, 6.45) is 6.72. The molecule has 0 aliphatic heterocycles. The van der Waals surface area contributed by atoms with Crippen LogP contribution in [0, 0.1) is 13.8 Å². The van der Waals surface area contributed by atoms with E-state index in [1.54, 1.807) is 24.8 Å². The van der Waals surface area contributed by atoms with Crippen molar-refractivity contribution in [3.8, 4) is 0 Å². The summed E-state index contributed by atoms with van der Waals surface area (Å²) in [7, 11) is 0. The van der Waals surface area contributed by atoms with E-state index in [1.807, 2.05) is 26.0 Å². The minimum atomic E-state index is 0.961. The van der Waals surface area contributed by atoms with Gasteiger partial charge in [-0.3, -0.25) is 9.97 Å². The van der Waals surface area contributed by atoms with Crippen molar-refractivity contribution in [2.24, 2.45) is 0 Å². The van der Waals surface area contributed by atoms with Gasteiger partial charge in [0.1, 0.15) is 0 Å². The Hall–Kier alpha value is -1.84. The number of aromatic nitrogens is 4. The van der Waals surface area contributed by atoms with Gasteiger partial charge in [0.15, 0.2) is 0 Å². The highest BCUT2D eigenvalue weighted by Gasteiger charge is 1.75. The molecule has 72 valence electrons. The molecule has 14 heavy (non-hydrogen) atoms. The fraction of sp³-hybridized carbons (Fsp3) is 0.200. The van der Waals surface area contributed by atoms with Gasteiger partial charge in [0.2, 0.25) is 0 Å². The first-order chi connectivity index (χ1) is 6.79. The van der Waals surface area contributed by atoms with E-state index in [0.29, 0.717) is 0 Å². The monoisotopic (exact) mass is 188 g/mol. The van der Waals surface area contributed by atoms with E-state index in [9.17, 15) is 0 Å². The maximum absolute atomic E-state index is 3.92. The number of rotatable bonds is 0. The molecule has 0 saturated heterocycles. The van der Waals surface area contributed by atoms with E-state index < -0.39 is 0 Å². The largest absolute Gasteiger partial charge is 0.261 e. The standard InChI is InChI=1S/2C5H6N2/c1-5-4-6-2-3-7-5;1-5-3-2-4-6-7-5/h2*2-4H,1H3. The van der Waals surface area contributed by atoms with Gasteiger partial charge >= 0.3 is 0 Å². The summed E-state index contributed by atoms with van der Waals surface area (Å²) in [6.45, 7) is 3.82. The number of hydrogen-bond donors (Lipinski definition) is 0. The van der Waals surface area contributed by atoms with Crippen LogP contribution >= 0.6 is 0 Å². The first-order valence-corrected chi connectivity index (χ1v) is 4.26. The predicted octanol–water partition coefficient (Wildman–Crippen LogP) is 1.57. The van der Waals surface area contributed by atoms with Gasteiger partial charge in [0, 0.05) is 24.8 Å². The van der Waals surface area contributed by atoms with Gasteiger partial charge in [-0.05, 0) is 26.0 Å². The van der Waals surface area contributed by atoms with Crippen LogP contribution in [0.2, 0.25) is 0 Å². The third kappa shape index (κ3) is 4.25. The molecule has 0 aromatic carbocycles. The van der Waals surface area contributed by atoms with Gasteiger partial charge in [-0.15, -0.1) is 0 Å². The van der Waals surface area contributed by atoms with Crippen LogP contribution in [0.5, 0.6) is 0 Å². The number of nitrogens with zero attached hydrogens (tertiary/aromatic N) is 4. The third-order valence-corrected chi connectivity index (χ3v) is 1.40. The van der Waals surface area contributed by atoms with Crippen molar-refractivity contribution in [3.05, 3.63) is 48.3 Å². The molecule has 0 amide bonds. The molecule has 0 unspecified atom stereocenters. The van der Waals surface area contributed by atoms with Crippen molar-refractivity contribution in [1.29, 1.82) is 0 Å². The van der Waals surface area contributed by atoms with E-state index in [-0.39, 0.29) is 0 Å². The molecule has 0 aliphatic rings. The topological polar surface area (TPSA) is 51.6 Å². The lowest BCUT2D eigenvalue weighted by atomic mass is 10.4. The molecule has 2 rings (SSSR count). The zero-order valence-electron chi connectivity index (χ0n) is 8.25. The molecule has 0 radical (unpaired) electrons. The zero-order valence-corrected chi connectivity index (χ0v) is 8.25. The fourth-order valence-corrected chi connectivity index (χ4v) is 0.752. The molecule has 0 saturated carbocycles. The maximum Gasteiger partial charge on any atom is 0.0600 e. The van der Waals surface area contributed by atoms with E-state index >= 15 is 0 Å². The van der Waals surface area contributed by atoms with Crippen LogP contribution in [0.15, 0.2) is 36.9 Å². The second-order valence-corrected chi connectivity index (χ2v) is 2.71. The summed E-state index contributed by atoms with van der Waals surface area (Å²) in [6, 6.07) is 3.77. The smallest absolute Gasteiger partial charge is 0.0600 e. The van der Waals surface area contributed by atoms with Gasteiger partial charge in [-0.1, -0.05) is 0 Å². The average Bonchev–Trinajstić information content (AvgIpc) is 2.21. The lowest BCUT2D eigenvalue weighted by Gasteiger charge is -1.81. The Morgan fingerprint density at radius 1 is 1.00 bits per heavy atom. The van der Waals surface area contributed by atoms with Crippen molar-refractivity contribution < 1.29 is 0 Å². The van der Waals surface area contributed by atoms with Gasteiger partial charge < -0.3 is 0 Å². The Bertz CT molecular complexity index is 310. The van der Waals surface area contributed by atoms with Crippen LogP contribution in [0.3, 0.4) is 0 Å². The Labute approximate surface area is 83.1 Å². The van der Waals surface area contributed by atoms with Gasteiger partial charge in [0.25, 0.3) is 0 Å². The lowest BCUT2D eigenvalue weighted by Crippen LogP contribution is -1.79. The first kappa shape index (κ1) is 10.2. The minimum absolute atomic E-state index is 0.961. The van der Waals surface area contributed by atoms with E-state index in [0.717, 1.165) is 11.4 Å². The van der Waals surface area contributed by atoms with Crippen LogP contribution in [-0.4, -0.2) is 20.2 Å². The number of aryl methyl sites for hydroxylation is 2.